The number of fused-ring (bicyclic) bond motifs is 1. The second kappa shape index (κ2) is 8.23. The van der Waals surface area contributed by atoms with Crippen molar-refractivity contribution in [1.29, 1.82) is 0 Å². The van der Waals surface area contributed by atoms with E-state index in [1.165, 1.54) is 6.07 Å². The quantitative estimate of drug-likeness (QED) is 0.624. The maximum absolute atomic E-state index is 13.4. The van der Waals surface area contributed by atoms with Crippen molar-refractivity contribution in [1.82, 2.24) is 0 Å². The predicted octanol–water partition coefficient (Wildman–Crippen LogP) is 4.35. The van der Waals surface area contributed by atoms with E-state index in [1.54, 1.807) is 12.1 Å². The van der Waals surface area contributed by atoms with Gasteiger partial charge >= 0.3 is 0 Å². The van der Waals surface area contributed by atoms with E-state index in [1.807, 2.05) is 37.3 Å². The second-order valence-electron chi connectivity index (χ2n) is 7.78. The highest BCUT2D eigenvalue weighted by Gasteiger charge is 2.48. The lowest BCUT2D eigenvalue weighted by molar-refractivity contribution is 0.0174. The molecule has 2 aromatic carbocycles. The van der Waals surface area contributed by atoms with Gasteiger partial charge in [-0.15, -0.1) is 0 Å². The smallest absolute Gasteiger partial charge is 0.179 e. The van der Waals surface area contributed by atoms with Crippen molar-refractivity contribution in [2.45, 2.75) is 56.4 Å². The van der Waals surface area contributed by atoms with Gasteiger partial charge in [0.05, 0.1) is 22.4 Å². The third-order valence-corrected chi connectivity index (χ3v) is 8.12. The van der Waals surface area contributed by atoms with Crippen LogP contribution in [0.3, 0.4) is 0 Å². The van der Waals surface area contributed by atoms with Crippen LogP contribution in [0.1, 0.15) is 56.6 Å². The molecule has 6 heteroatoms. The number of aliphatic hydroxyl groups is 1. The summed E-state index contributed by atoms with van der Waals surface area (Å²) >= 11 is 0. The molecule has 1 unspecified atom stereocenters. The van der Waals surface area contributed by atoms with Gasteiger partial charge in [-0.2, -0.15) is 0 Å². The molecule has 28 heavy (non-hydrogen) atoms. The van der Waals surface area contributed by atoms with E-state index in [9.17, 15) is 18.7 Å². The topological polar surface area (TPSA) is 86.6 Å². The summed E-state index contributed by atoms with van der Waals surface area (Å²) < 4.78 is 26.7. The van der Waals surface area contributed by atoms with Crippen molar-refractivity contribution in [2.75, 3.05) is 11.2 Å². The van der Waals surface area contributed by atoms with Crippen LogP contribution in [0.5, 0.6) is 0 Å². The Morgan fingerprint density at radius 3 is 2.46 bits per heavy atom. The number of rotatable bonds is 6. The molecule has 0 aromatic heterocycles. The van der Waals surface area contributed by atoms with Crippen LogP contribution < -0.4 is 5.48 Å². The lowest BCUT2D eigenvalue weighted by Gasteiger charge is -2.39. The lowest BCUT2D eigenvalue weighted by atomic mass is 9.69. The van der Waals surface area contributed by atoms with Gasteiger partial charge in [-0.25, -0.2) is 8.42 Å². The molecule has 0 bridgehead atoms. The molecule has 0 fully saturated rings. The molecule has 2 aromatic rings. The number of benzene rings is 2. The molecule has 152 valence electrons. The zero-order chi connectivity index (χ0) is 20.4. The normalized spacial score (nSPS) is 26.3. The second-order valence-corrected chi connectivity index (χ2v) is 9.73. The summed E-state index contributed by atoms with van der Waals surface area (Å²) in [4.78, 5) is 0.242. The number of nitrogens with one attached hydrogen (secondary N) is 1. The predicted molar refractivity (Wildman–Crippen MR) is 110 cm³/mol. The first-order chi connectivity index (χ1) is 13.4. The SMILES string of the molecule is CCCC[C@@]1(CC)CS(=O)(=O)c2ccc(NO)cc2[C@@H](c2ccccc2)C1O. The highest BCUT2D eigenvalue weighted by atomic mass is 32.2. The summed E-state index contributed by atoms with van der Waals surface area (Å²) in [6, 6.07) is 14.3. The Morgan fingerprint density at radius 2 is 1.86 bits per heavy atom. The molecule has 0 amide bonds. The van der Waals surface area contributed by atoms with E-state index in [2.05, 4.69) is 12.4 Å². The number of aliphatic hydroxyl groups excluding tert-OH is 1. The number of sulfone groups is 1. The first-order valence-corrected chi connectivity index (χ1v) is 11.5. The van der Waals surface area contributed by atoms with Crippen molar-refractivity contribution in [3.63, 3.8) is 0 Å². The number of hydrogen-bond donors (Lipinski definition) is 3. The molecule has 0 spiro atoms. The van der Waals surface area contributed by atoms with Crippen molar-refractivity contribution >= 4 is 15.5 Å². The highest BCUT2D eigenvalue weighted by molar-refractivity contribution is 7.91. The van der Waals surface area contributed by atoms with Gasteiger partial charge in [0, 0.05) is 11.3 Å². The summed E-state index contributed by atoms with van der Waals surface area (Å²) in [7, 11) is -3.60. The molecule has 0 aliphatic carbocycles. The molecule has 0 radical (unpaired) electrons. The third-order valence-electron chi connectivity index (χ3n) is 6.12. The van der Waals surface area contributed by atoms with Gasteiger partial charge in [0.25, 0.3) is 0 Å². The van der Waals surface area contributed by atoms with E-state index < -0.39 is 27.3 Å². The standard InChI is InChI=1S/C22H29NO4S/c1-3-5-13-22(4-2)15-28(26,27)19-12-11-17(23-25)14-18(19)20(21(22)24)16-9-7-6-8-10-16/h6-12,14,20-21,23-25H,3-5,13,15H2,1-2H3/t20-,21?,22+/m1/s1. The first-order valence-electron chi connectivity index (χ1n) is 9.88. The van der Waals surface area contributed by atoms with Crippen LogP contribution in [0.4, 0.5) is 5.69 Å². The van der Waals surface area contributed by atoms with E-state index in [0.29, 0.717) is 24.1 Å². The zero-order valence-electron chi connectivity index (χ0n) is 16.4. The van der Waals surface area contributed by atoms with E-state index in [4.69, 9.17) is 0 Å². The number of anilines is 1. The fourth-order valence-corrected chi connectivity index (χ4v) is 6.72. The maximum Gasteiger partial charge on any atom is 0.179 e. The van der Waals surface area contributed by atoms with Crippen LogP contribution in [-0.2, 0) is 9.84 Å². The van der Waals surface area contributed by atoms with E-state index in [-0.39, 0.29) is 10.6 Å². The molecule has 3 N–H and O–H groups in total. The van der Waals surface area contributed by atoms with Crippen molar-refractivity contribution in [3.05, 3.63) is 59.7 Å². The summed E-state index contributed by atoms with van der Waals surface area (Å²) in [5.74, 6) is -0.557. The minimum Gasteiger partial charge on any atom is -0.392 e. The van der Waals surface area contributed by atoms with Crippen molar-refractivity contribution in [3.8, 4) is 0 Å². The Labute approximate surface area is 167 Å². The van der Waals surface area contributed by atoms with Gasteiger partial charge < -0.3 is 5.11 Å². The van der Waals surface area contributed by atoms with Gasteiger partial charge in [0.1, 0.15) is 0 Å². The number of hydrogen-bond acceptors (Lipinski definition) is 5. The van der Waals surface area contributed by atoms with E-state index >= 15 is 0 Å². The summed E-state index contributed by atoms with van der Waals surface area (Å²) in [5.41, 5.74) is 3.19. The summed E-state index contributed by atoms with van der Waals surface area (Å²) in [6.07, 6.45) is 2.19. The largest absolute Gasteiger partial charge is 0.392 e. The van der Waals surface area contributed by atoms with Gasteiger partial charge in [-0.1, -0.05) is 57.0 Å². The molecule has 1 aliphatic rings. The average molecular weight is 404 g/mol. The molecule has 1 aliphatic heterocycles. The summed E-state index contributed by atoms with van der Waals surface area (Å²) in [6.45, 7) is 4.04. The van der Waals surface area contributed by atoms with Gasteiger partial charge in [0.2, 0.25) is 0 Å². The van der Waals surface area contributed by atoms with Crippen molar-refractivity contribution < 1.29 is 18.7 Å². The molecular weight excluding hydrogens is 374 g/mol. The van der Waals surface area contributed by atoms with Gasteiger partial charge in [-0.05, 0) is 42.2 Å². The molecule has 0 saturated carbocycles. The first kappa shape index (κ1) is 20.8. The summed E-state index contributed by atoms with van der Waals surface area (Å²) in [5, 5.41) is 21.0. The molecule has 3 rings (SSSR count). The van der Waals surface area contributed by atoms with Crippen molar-refractivity contribution in [2.24, 2.45) is 5.41 Å². The monoisotopic (exact) mass is 403 g/mol. The highest BCUT2D eigenvalue weighted by Crippen LogP contribution is 2.49. The minimum atomic E-state index is -3.60. The molecule has 1 heterocycles. The van der Waals surface area contributed by atoms with Gasteiger partial charge in [0.15, 0.2) is 9.84 Å². The minimum absolute atomic E-state index is 0.0695. The van der Waals surface area contributed by atoms with E-state index in [0.717, 1.165) is 18.4 Å². The maximum atomic E-state index is 13.4. The molecule has 0 saturated heterocycles. The van der Waals surface area contributed by atoms with Crippen LogP contribution in [0, 0.1) is 5.41 Å². The van der Waals surface area contributed by atoms with Crippen LogP contribution in [0.2, 0.25) is 0 Å². The molecule has 3 atom stereocenters. The lowest BCUT2D eigenvalue weighted by Crippen LogP contribution is -2.42. The van der Waals surface area contributed by atoms with Crippen LogP contribution in [0.25, 0.3) is 0 Å². The van der Waals surface area contributed by atoms with Crippen LogP contribution >= 0.6 is 0 Å². The average Bonchev–Trinajstić information content (AvgIpc) is 2.78. The Morgan fingerprint density at radius 1 is 1.14 bits per heavy atom. The molecular formula is C22H29NO4S. The van der Waals surface area contributed by atoms with Crippen LogP contribution in [0.15, 0.2) is 53.4 Å². The van der Waals surface area contributed by atoms with Gasteiger partial charge in [-0.3, -0.25) is 10.7 Å². The Balaban J connectivity index is 2.29. The number of unbranched alkanes of at least 4 members (excludes halogenated alkanes) is 1. The Bertz CT molecular complexity index is 913. The van der Waals surface area contributed by atoms with Crippen LogP contribution in [-0.4, -0.2) is 30.6 Å². The zero-order valence-corrected chi connectivity index (χ0v) is 17.2. The Kier molecular flexibility index (Phi) is 6.12. The fourth-order valence-electron chi connectivity index (χ4n) is 4.47. The fraction of sp³-hybridized carbons (Fsp3) is 0.455. The molecule has 5 nitrogen and oxygen atoms in total. The Hall–Kier alpha value is -1.89. The third kappa shape index (κ3) is 3.69.